The van der Waals surface area contributed by atoms with E-state index in [-0.39, 0.29) is 30.4 Å². The number of ether oxygens (including phenoxy) is 1. The number of unbranched alkanes of at least 4 members (excludes halogenated alkanes) is 2. The Bertz CT molecular complexity index is 355. The topological polar surface area (TPSA) is 54.0 Å². The molecule has 0 aliphatic carbocycles. The van der Waals surface area contributed by atoms with Gasteiger partial charge in [0.15, 0.2) is 0 Å². The Balaban J connectivity index is 4.49. The van der Waals surface area contributed by atoms with Gasteiger partial charge in [-0.15, -0.1) is 0 Å². The van der Waals surface area contributed by atoms with Crippen molar-refractivity contribution in [1.29, 1.82) is 0 Å². The van der Waals surface area contributed by atoms with Crippen molar-refractivity contribution < 1.29 is 22.8 Å². The molecule has 0 saturated carbocycles. The first-order valence-corrected chi connectivity index (χ1v) is 11.4. The maximum atomic E-state index is 11.2. The molecule has 0 aliphatic heterocycles. The summed E-state index contributed by atoms with van der Waals surface area (Å²) in [6, 6.07) is 0.808. The Morgan fingerprint density at radius 1 is 0.880 bits per heavy atom. The second kappa shape index (κ2) is 12.6. The fourth-order valence-electron chi connectivity index (χ4n) is 2.59. The minimum absolute atomic E-state index is 0.0718. The van der Waals surface area contributed by atoms with E-state index in [9.17, 15) is 4.79 Å². The van der Waals surface area contributed by atoms with Gasteiger partial charge >= 0.3 is 14.8 Å². The van der Waals surface area contributed by atoms with Crippen LogP contribution in [0.2, 0.25) is 6.04 Å². The molecule has 0 fully saturated rings. The van der Waals surface area contributed by atoms with Crippen molar-refractivity contribution in [3.63, 3.8) is 0 Å². The fourth-order valence-corrected chi connectivity index (χ4v) is 5.95. The molecule has 0 bridgehead atoms. The Morgan fingerprint density at radius 2 is 1.36 bits per heavy atom. The summed E-state index contributed by atoms with van der Waals surface area (Å²) in [6.45, 7) is 17.4. The molecule has 0 heterocycles. The molecule has 0 aromatic carbocycles. The van der Waals surface area contributed by atoms with E-state index in [4.69, 9.17) is 18.0 Å². The highest BCUT2D eigenvalue weighted by Gasteiger charge is 2.43. The van der Waals surface area contributed by atoms with Crippen LogP contribution in [0.15, 0.2) is 12.7 Å². The molecule has 6 heteroatoms. The van der Waals surface area contributed by atoms with Gasteiger partial charge in [-0.3, -0.25) is 0 Å². The molecular weight excluding hydrogens is 336 g/mol. The summed E-state index contributed by atoms with van der Waals surface area (Å²) in [4.78, 5) is 11.2. The largest absolute Gasteiger partial charge is 0.501 e. The summed E-state index contributed by atoms with van der Waals surface area (Å²) in [5.41, 5.74) is 0. The van der Waals surface area contributed by atoms with Crippen molar-refractivity contribution in [1.82, 2.24) is 0 Å². The Morgan fingerprint density at radius 3 is 1.76 bits per heavy atom. The van der Waals surface area contributed by atoms with Gasteiger partial charge in [-0.1, -0.05) is 13.0 Å². The van der Waals surface area contributed by atoms with E-state index in [1.165, 1.54) is 6.08 Å². The zero-order valence-electron chi connectivity index (χ0n) is 17.2. The van der Waals surface area contributed by atoms with Crippen molar-refractivity contribution in [3.05, 3.63) is 12.7 Å². The maximum absolute atomic E-state index is 11.2. The quantitative estimate of drug-likeness (QED) is 0.188. The van der Waals surface area contributed by atoms with Gasteiger partial charge in [-0.2, -0.15) is 0 Å². The van der Waals surface area contributed by atoms with Crippen LogP contribution < -0.4 is 0 Å². The van der Waals surface area contributed by atoms with Crippen LogP contribution in [-0.2, 0) is 22.8 Å². The Labute approximate surface area is 155 Å². The highest BCUT2D eigenvalue weighted by Crippen LogP contribution is 2.25. The standard InChI is InChI=1S/C19H38O5Si/c1-9-19(20)21-18(8)13-11-10-12-14-25(22-15(2)3,23-16(4)5)24-17(6)7/h9,15-18H,1,10-14H2,2-8H3. The van der Waals surface area contributed by atoms with Gasteiger partial charge in [0.2, 0.25) is 0 Å². The van der Waals surface area contributed by atoms with E-state index < -0.39 is 8.80 Å². The van der Waals surface area contributed by atoms with E-state index in [1.54, 1.807) is 0 Å². The van der Waals surface area contributed by atoms with Crippen LogP contribution in [-0.4, -0.2) is 39.2 Å². The molecule has 0 spiro atoms. The summed E-state index contributed by atoms with van der Waals surface area (Å²) in [5.74, 6) is -0.361. The first kappa shape index (κ1) is 24.3. The van der Waals surface area contributed by atoms with E-state index in [2.05, 4.69) is 6.58 Å². The van der Waals surface area contributed by atoms with Gasteiger partial charge in [-0.05, 0) is 67.7 Å². The predicted octanol–water partition coefficient (Wildman–Crippen LogP) is 4.88. The number of esters is 1. The van der Waals surface area contributed by atoms with Gasteiger partial charge in [-0.25, -0.2) is 4.79 Å². The zero-order chi connectivity index (χ0) is 19.5. The number of rotatable bonds is 14. The lowest BCUT2D eigenvalue weighted by atomic mass is 10.1. The molecular formula is C19H38O5Si. The van der Waals surface area contributed by atoms with Crippen molar-refractivity contribution in [2.75, 3.05) is 0 Å². The Kier molecular flexibility index (Phi) is 12.3. The van der Waals surface area contributed by atoms with Crippen LogP contribution in [0.5, 0.6) is 0 Å². The summed E-state index contributed by atoms with van der Waals surface area (Å²) in [7, 11) is -2.69. The third kappa shape index (κ3) is 12.3. The normalized spacial score (nSPS) is 13.5. The molecule has 148 valence electrons. The van der Waals surface area contributed by atoms with Crippen molar-refractivity contribution in [2.24, 2.45) is 0 Å². The summed E-state index contributed by atoms with van der Waals surface area (Å²) >= 11 is 0. The molecule has 0 rings (SSSR count). The molecule has 0 N–H and O–H groups in total. The Hall–Kier alpha value is -0.693. The number of hydrogen-bond donors (Lipinski definition) is 0. The first-order valence-electron chi connectivity index (χ1n) is 9.46. The second-order valence-corrected chi connectivity index (χ2v) is 9.81. The maximum Gasteiger partial charge on any atom is 0.501 e. The highest BCUT2D eigenvalue weighted by molar-refractivity contribution is 6.60. The minimum atomic E-state index is -2.69. The van der Waals surface area contributed by atoms with Gasteiger partial charge in [0.25, 0.3) is 0 Å². The number of carbonyl (C=O) groups is 1. The lowest BCUT2D eigenvalue weighted by Gasteiger charge is -2.34. The SMILES string of the molecule is C=CC(=O)OC(C)CCCCC[Si](OC(C)C)(OC(C)C)OC(C)C. The molecule has 0 aromatic heterocycles. The van der Waals surface area contributed by atoms with Crippen molar-refractivity contribution in [2.45, 2.75) is 105 Å². The van der Waals surface area contributed by atoms with Gasteiger partial charge in [0, 0.05) is 30.4 Å². The van der Waals surface area contributed by atoms with E-state index in [0.29, 0.717) is 0 Å². The molecule has 0 aliphatic rings. The third-order valence-corrected chi connectivity index (χ3v) is 6.78. The average Bonchev–Trinajstić information content (AvgIpc) is 2.44. The monoisotopic (exact) mass is 374 g/mol. The lowest BCUT2D eigenvalue weighted by molar-refractivity contribution is -0.142. The zero-order valence-corrected chi connectivity index (χ0v) is 18.2. The number of hydrogen-bond acceptors (Lipinski definition) is 5. The van der Waals surface area contributed by atoms with Crippen LogP contribution in [0.3, 0.4) is 0 Å². The first-order chi connectivity index (χ1) is 11.6. The molecule has 0 radical (unpaired) electrons. The van der Waals surface area contributed by atoms with Crippen LogP contribution in [0.25, 0.3) is 0 Å². The van der Waals surface area contributed by atoms with Crippen molar-refractivity contribution >= 4 is 14.8 Å². The summed E-state index contributed by atoms with van der Waals surface area (Å²) < 4.78 is 23.7. The molecule has 25 heavy (non-hydrogen) atoms. The van der Waals surface area contributed by atoms with Crippen molar-refractivity contribution in [3.8, 4) is 0 Å². The summed E-state index contributed by atoms with van der Waals surface area (Å²) in [6.07, 6.45) is 5.16. The van der Waals surface area contributed by atoms with Gasteiger partial charge in [0.05, 0.1) is 6.10 Å². The molecule has 1 unspecified atom stereocenters. The highest BCUT2D eigenvalue weighted by atomic mass is 28.4. The van der Waals surface area contributed by atoms with Crippen LogP contribution >= 0.6 is 0 Å². The van der Waals surface area contributed by atoms with Crippen LogP contribution in [0.1, 0.15) is 74.1 Å². The van der Waals surface area contributed by atoms with Crippen LogP contribution in [0, 0.1) is 0 Å². The lowest BCUT2D eigenvalue weighted by Crippen LogP contribution is -2.50. The van der Waals surface area contributed by atoms with Crippen LogP contribution in [0.4, 0.5) is 0 Å². The molecule has 5 nitrogen and oxygen atoms in total. The molecule has 1 atom stereocenters. The summed E-state index contributed by atoms with van der Waals surface area (Å²) in [5, 5.41) is 0. The van der Waals surface area contributed by atoms with E-state index in [1.807, 2.05) is 48.5 Å². The average molecular weight is 375 g/mol. The molecule has 0 amide bonds. The molecule has 0 aromatic rings. The molecule has 0 saturated heterocycles. The predicted molar refractivity (Wildman–Crippen MR) is 103 cm³/mol. The third-order valence-electron chi connectivity index (χ3n) is 3.32. The van der Waals surface area contributed by atoms with Gasteiger partial charge < -0.3 is 18.0 Å². The minimum Gasteiger partial charge on any atom is -0.460 e. The van der Waals surface area contributed by atoms with Gasteiger partial charge in [0.1, 0.15) is 0 Å². The smallest absolute Gasteiger partial charge is 0.460 e. The number of carbonyl (C=O) groups excluding carboxylic acids is 1. The van der Waals surface area contributed by atoms with E-state index >= 15 is 0 Å². The second-order valence-electron chi connectivity index (χ2n) is 7.23. The fraction of sp³-hybridized carbons (Fsp3) is 0.842. The van der Waals surface area contributed by atoms with E-state index in [0.717, 1.165) is 31.7 Å².